The van der Waals surface area contributed by atoms with E-state index in [-0.39, 0.29) is 57.3 Å². The maximum Gasteiger partial charge on any atom is 0.417 e. The smallest absolute Gasteiger partial charge is 0.334 e. The van der Waals surface area contributed by atoms with E-state index in [0.717, 1.165) is 21.4 Å². The number of rotatable bonds is 3. The standard InChI is InChI=1S/C29H23BrF5N7O2/c1-13-7-17-22(11-40(13)26(43)16-5-6-19(30)18(8-16)29(33,34)35)37-28(42-15(3)25(32)14(2)38-42)41(27(17)44)23-10-21-24(9-20(23)31)39(4)12-36-21/h5-6,8-10,12-13H,7,11H2,1-4H3/t13-/m1/s1. The minimum atomic E-state index is -4.70. The van der Waals surface area contributed by atoms with Crippen LogP contribution in [0.15, 0.2) is 45.9 Å². The Morgan fingerprint density at radius 2 is 1.84 bits per heavy atom. The van der Waals surface area contributed by atoms with Crippen LogP contribution in [-0.4, -0.2) is 45.7 Å². The molecule has 1 atom stereocenters. The zero-order valence-electron chi connectivity index (χ0n) is 23.7. The van der Waals surface area contributed by atoms with Crippen molar-refractivity contribution in [1.29, 1.82) is 0 Å². The second-order valence-electron chi connectivity index (χ2n) is 10.7. The monoisotopic (exact) mass is 675 g/mol. The fourth-order valence-corrected chi connectivity index (χ4v) is 5.92. The molecule has 0 bridgehead atoms. The van der Waals surface area contributed by atoms with E-state index >= 15 is 4.39 Å². The average Bonchev–Trinajstić information content (AvgIpc) is 3.45. The predicted octanol–water partition coefficient (Wildman–Crippen LogP) is 5.57. The second kappa shape index (κ2) is 10.4. The normalized spacial score (nSPS) is 15.2. The molecule has 0 N–H and O–H groups in total. The van der Waals surface area contributed by atoms with Gasteiger partial charge in [-0.3, -0.25) is 9.59 Å². The lowest BCUT2D eigenvalue weighted by atomic mass is 9.98. The van der Waals surface area contributed by atoms with Crippen molar-refractivity contribution in [3.63, 3.8) is 0 Å². The molecule has 0 saturated heterocycles. The highest BCUT2D eigenvalue weighted by Crippen LogP contribution is 2.36. The first kappa shape index (κ1) is 29.7. The van der Waals surface area contributed by atoms with Crippen LogP contribution in [0.1, 0.15) is 45.5 Å². The van der Waals surface area contributed by atoms with E-state index in [1.54, 1.807) is 18.5 Å². The summed E-state index contributed by atoms with van der Waals surface area (Å²) in [4.78, 5) is 37.9. The molecule has 0 saturated carbocycles. The minimum absolute atomic E-state index is 0.00840. The Hall–Kier alpha value is -4.40. The fraction of sp³-hybridized carbons (Fsp3) is 0.276. The summed E-state index contributed by atoms with van der Waals surface area (Å²) in [6.07, 6.45) is -3.22. The molecule has 1 aliphatic rings. The summed E-state index contributed by atoms with van der Waals surface area (Å²) in [5.41, 5.74) is -0.824. The summed E-state index contributed by atoms with van der Waals surface area (Å²) in [5.74, 6) is -2.33. The molecule has 228 valence electrons. The maximum absolute atomic E-state index is 15.7. The van der Waals surface area contributed by atoms with Crippen LogP contribution in [0.3, 0.4) is 0 Å². The lowest BCUT2D eigenvalue weighted by Gasteiger charge is -2.34. The highest BCUT2D eigenvalue weighted by atomic mass is 79.9. The van der Waals surface area contributed by atoms with Gasteiger partial charge in [-0.2, -0.15) is 18.3 Å². The number of carbonyl (C=O) groups is 1. The van der Waals surface area contributed by atoms with E-state index in [0.29, 0.717) is 11.0 Å². The van der Waals surface area contributed by atoms with E-state index in [2.05, 4.69) is 31.0 Å². The van der Waals surface area contributed by atoms with Gasteiger partial charge in [-0.25, -0.2) is 28.0 Å². The van der Waals surface area contributed by atoms with Crippen molar-refractivity contribution in [2.24, 2.45) is 7.05 Å². The predicted molar refractivity (Wildman–Crippen MR) is 153 cm³/mol. The van der Waals surface area contributed by atoms with E-state index in [9.17, 15) is 27.2 Å². The number of hydrogen-bond donors (Lipinski definition) is 0. The molecule has 1 amide bonds. The van der Waals surface area contributed by atoms with Gasteiger partial charge < -0.3 is 9.47 Å². The lowest BCUT2D eigenvalue weighted by Crippen LogP contribution is -2.46. The van der Waals surface area contributed by atoms with Gasteiger partial charge >= 0.3 is 6.18 Å². The van der Waals surface area contributed by atoms with Crippen molar-refractivity contribution in [3.8, 4) is 11.6 Å². The molecule has 2 aromatic carbocycles. The summed E-state index contributed by atoms with van der Waals surface area (Å²) in [5, 5.41) is 4.20. The Morgan fingerprint density at radius 3 is 2.50 bits per heavy atom. The molecule has 4 heterocycles. The third-order valence-corrected chi connectivity index (χ3v) is 8.49. The Labute approximate surface area is 254 Å². The molecule has 9 nitrogen and oxygen atoms in total. The molecule has 0 radical (unpaired) electrons. The molecule has 0 spiro atoms. The molecule has 0 aliphatic carbocycles. The highest BCUT2D eigenvalue weighted by Gasteiger charge is 2.36. The van der Waals surface area contributed by atoms with Crippen LogP contribution in [-0.2, 0) is 26.2 Å². The summed E-state index contributed by atoms with van der Waals surface area (Å²) in [6.45, 7) is 4.27. The Kier molecular flexibility index (Phi) is 6.98. The average molecular weight is 676 g/mol. The fourth-order valence-electron chi connectivity index (χ4n) is 5.45. The van der Waals surface area contributed by atoms with Crippen LogP contribution in [0.5, 0.6) is 0 Å². The van der Waals surface area contributed by atoms with Gasteiger partial charge in [0.1, 0.15) is 5.82 Å². The number of nitrogens with zero attached hydrogens (tertiary/aromatic N) is 7. The van der Waals surface area contributed by atoms with Gasteiger partial charge in [0.15, 0.2) is 5.82 Å². The van der Waals surface area contributed by atoms with E-state index < -0.39 is 40.9 Å². The van der Waals surface area contributed by atoms with Crippen molar-refractivity contribution in [1.82, 2.24) is 33.8 Å². The number of imidazole rings is 1. The number of amides is 1. The first-order valence-electron chi connectivity index (χ1n) is 13.3. The molecule has 5 aromatic rings. The molecule has 0 unspecified atom stereocenters. The third kappa shape index (κ3) is 4.69. The van der Waals surface area contributed by atoms with Gasteiger partial charge in [0, 0.05) is 34.8 Å². The Bertz CT molecular complexity index is 2060. The van der Waals surface area contributed by atoms with E-state index in [1.165, 1.54) is 43.3 Å². The molecule has 6 rings (SSSR count). The first-order valence-corrected chi connectivity index (χ1v) is 14.1. The van der Waals surface area contributed by atoms with Gasteiger partial charge in [0.2, 0.25) is 5.95 Å². The maximum atomic E-state index is 15.7. The van der Waals surface area contributed by atoms with E-state index in [1.807, 2.05) is 0 Å². The van der Waals surface area contributed by atoms with Gasteiger partial charge in [-0.05, 0) is 51.5 Å². The summed E-state index contributed by atoms with van der Waals surface area (Å²) < 4.78 is 74.6. The van der Waals surface area contributed by atoms with Crippen molar-refractivity contribution in [3.05, 3.63) is 96.9 Å². The van der Waals surface area contributed by atoms with Crippen LogP contribution < -0.4 is 5.56 Å². The molecule has 3 aromatic heterocycles. The van der Waals surface area contributed by atoms with Crippen LogP contribution in [0, 0.1) is 25.5 Å². The van der Waals surface area contributed by atoms with Gasteiger partial charge in [0.05, 0.1) is 52.2 Å². The van der Waals surface area contributed by atoms with Crippen molar-refractivity contribution in [2.45, 2.75) is 46.0 Å². The SMILES string of the molecule is Cc1nn(-c2nc3c(c(=O)n2-c2cc4ncn(C)c4cc2F)C[C@@H](C)N(C(=O)c2ccc(Br)c(C(F)(F)F)c2)C3)c(C)c1F. The molecular formula is C29H23BrF5N7O2. The number of fused-ring (bicyclic) bond motifs is 2. The lowest BCUT2D eigenvalue weighted by molar-refractivity contribution is -0.138. The van der Waals surface area contributed by atoms with E-state index in [4.69, 9.17) is 0 Å². The van der Waals surface area contributed by atoms with Crippen LogP contribution >= 0.6 is 15.9 Å². The van der Waals surface area contributed by atoms with Crippen molar-refractivity contribution >= 4 is 32.9 Å². The zero-order chi connectivity index (χ0) is 31.8. The van der Waals surface area contributed by atoms with Gasteiger partial charge in [0.25, 0.3) is 11.5 Å². The number of halogens is 6. The third-order valence-electron chi connectivity index (χ3n) is 7.80. The molecule has 44 heavy (non-hydrogen) atoms. The Morgan fingerprint density at radius 1 is 1.11 bits per heavy atom. The summed E-state index contributed by atoms with van der Waals surface area (Å²) in [6, 6.07) is 5.18. The number of aromatic nitrogens is 6. The molecular weight excluding hydrogens is 653 g/mol. The second-order valence-corrected chi connectivity index (χ2v) is 11.6. The van der Waals surface area contributed by atoms with Crippen LogP contribution in [0.4, 0.5) is 22.0 Å². The van der Waals surface area contributed by atoms with Crippen LogP contribution in [0.2, 0.25) is 0 Å². The minimum Gasteiger partial charge on any atom is -0.334 e. The van der Waals surface area contributed by atoms with Crippen molar-refractivity contribution in [2.75, 3.05) is 0 Å². The number of alkyl halides is 3. The van der Waals surface area contributed by atoms with Crippen molar-refractivity contribution < 1.29 is 26.7 Å². The number of benzene rings is 2. The summed E-state index contributed by atoms with van der Waals surface area (Å²) >= 11 is 2.88. The Balaban J connectivity index is 1.52. The number of aryl methyl sites for hydroxylation is 2. The molecule has 1 aliphatic heterocycles. The largest absolute Gasteiger partial charge is 0.417 e. The summed E-state index contributed by atoms with van der Waals surface area (Å²) in [7, 11) is 1.69. The first-order chi connectivity index (χ1) is 20.7. The highest BCUT2D eigenvalue weighted by molar-refractivity contribution is 9.10. The quantitative estimate of drug-likeness (QED) is 0.233. The van der Waals surface area contributed by atoms with Gasteiger partial charge in [-0.15, -0.1) is 0 Å². The van der Waals surface area contributed by atoms with Gasteiger partial charge in [-0.1, -0.05) is 15.9 Å². The topological polar surface area (TPSA) is 90.8 Å². The molecule has 15 heteroatoms. The number of hydrogen-bond acceptors (Lipinski definition) is 5. The number of carbonyl (C=O) groups excluding carboxylic acids is 1. The molecule has 0 fully saturated rings. The zero-order valence-corrected chi connectivity index (χ0v) is 25.3. The van der Waals surface area contributed by atoms with Crippen LogP contribution in [0.25, 0.3) is 22.7 Å².